The Kier molecular flexibility index (Phi) is 112. The lowest BCUT2D eigenvalue weighted by Gasteiger charge is -2.07. The minimum Gasteiger partial charge on any atom is -0.299 e. The molecule has 25 heteroatoms. The van der Waals surface area contributed by atoms with Crippen LogP contribution < -0.4 is 4.87 Å². The molecule has 0 aliphatic heterocycles. The third kappa shape index (κ3) is 130. The first kappa shape index (κ1) is 146. The van der Waals surface area contributed by atoms with E-state index in [0.717, 1.165) is 82.4 Å². The molecule has 12 aromatic heterocycles. The molecule has 1 N–H and O–H groups in total. The molecule has 15 aromatic rings. The van der Waals surface area contributed by atoms with Gasteiger partial charge in [-0.3, -0.25) is 44.4 Å². The molecule has 138 heavy (non-hydrogen) atoms. The van der Waals surface area contributed by atoms with Crippen LogP contribution in [0.3, 0.4) is 0 Å². The SMILES string of the molecule is C.CC(C)C.CC(C)C.CC(C)C.CC(C)C.CC(C)C.CC(C)C.CC(C)C.CC(C)C.CC(C)C.CC(C)C.CC(C)c1nccc2ccccc12.CC(C)c1nnn(C(C)C)n1.CC(C)c1nsc(=O)[nH]1.CC(C)n1cccn1.CC(C)n1nccn1.c1ccc2sccc2c1.c1ccccc1.c1ccncc1.c1ccncc1.c1cnccn1.c1cnsc1.c1cnsc1.c1cscn1. The molecule has 15 rings (SSSR count). The predicted molar refractivity (Wildman–Crippen MR) is 615 cm³/mol. The smallest absolute Gasteiger partial charge is 0.299 e. The molecule has 0 atom stereocenters. The van der Waals surface area contributed by atoms with Crippen LogP contribution in [0.5, 0.6) is 0 Å². The fraction of sp³-hybridized carbons (Fsp3) is 0.522. The number of hydrogen-bond acceptors (Lipinski definition) is 21. The van der Waals surface area contributed by atoms with Gasteiger partial charge in [-0.15, -0.1) is 32.9 Å². The van der Waals surface area contributed by atoms with Crippen molar-refractivity contribution in [1.29, 1.82) is 0 Å². The molecule has 0 bridgehead atoms. The molecule has 12 heterocycles. The summed E-state index contributed by atoms with van der Waals surface area (Å²) in [4.78, 5) is 39.5. The summed E-state index contributed by atoms with van der Waals surface area (Å²) in [5, 5.41) is 35.7. The molecule has 0 spiro atoms. The van der Waals surface area contributed by atoms with Crippen LogP contribution in [-0.4, -0.2) is 93.0 Å². The fourth-order valence-corrected chi connectivity index (χ4v) is 8.99. The maximum absolute atomic E-state index is 10.5. The number of nitrogens with one attached hydrogen (secondary N) is 1. The average Bonchev–Trinajstić information content (AvgIpc) is 1.50. The van der Waals surface area contributed by atoms with Gasteiger partial charge in [0.2, 0.25) is 0 Å². The Morgan fingerprint density at radius 2 is 0.696 bits per heavy atom. The van der Waals surface area contributed by atoms with Crippen molar-refractivity contribution in [3.05, 3.63) is 305 Å². The standard InChI is InChI=1S/C12H13N.C8H6S.C7H14N4.C6H10N2.C6H6.C5H9N3.C5H8N2OS.2C5H5N.C4H4N2.10C4H10.3C3H3NS.CH4/c1-9(2)12-11-6-4-3-5-10(11)7-8-13-12;1-2-4-8-7(3-1)5-6-9-8;1-5(2)7-8-10-11(9-7)6(3)4;1-6(2)8-5-3-4-7-8;1-2-4-6-5-3-1;1-5(2)8-6-3-4-7-8;1-3(2)4-6-5(8)9-7-4;2*1-2-4-6-5-3-1;1-2-6-4-3-5-1;10*1-4(2)3;1-2-5-3-4-1;2*1-2-4-5-3-1;/h3-9H,1-2H3;1-6H;5-6H,1-4H3;3-6H,1-2H3;1-6H;3-5H,1-2H3;3H,1-2H3,(H,6,7,8);2*1-5H;1-4H;10*4H,1-3H3;3*1-3H;1H4. The fourth-order valence-electron chi connectivity index (χ4n) is 6.56. The van der Waals surface area contributed by atoms with Gasteiger partial charge in [-0.1, -0.05) is 348 Å². The van der Waals surface area contributed by atoms with Crippen molar-refractivity contribution in [3.63, 3.8) is 0 Å². The van der Waals surface area contributed by atoms with E-state index in [-0.39, 0.29) is 12.3 Å². The van der Waals surface area contributed by atoms with E-state index in [1.54, 1.807) is 125 Å². The molecule has 776 valence electrons. The van der Waals surface area contributed by atoms with Gasteiger partial charge in [0.05, 0.1) is 35.7 Å². The van der Waals surface area contributed by atoms with Gasteiger partial charge in [0.15, 0.2) is 5.82 Å². The number of rotatable bonds is 6. The lowest BCUT2D eigenvalue weighted by Crippen LogP contribution is -2.05. The number of H-pyrrole nitrogens is 1. The number of thiophene rings is 1. The molecule has 0 saturated carbocycles. The summed E-state index contributed by atoms with van der Waals surface area (Å²) < 4.78 is 14.7. The highest BCUT2D eigenvalue weighted by Crippen LogP contribution is 2.23. The molecule has 0 fully saturated rings. The van der Waals surface area contributed by atoms with Crippen molar-refractivity contribution in [2.24, 2.45) is 59.2 Å². The van der Waals surface area contributed by atoms with Gasteiger partial charge in [-0.25, -0.2) is 8.75 Å². The number of aromatic amines is 1. The second-order valence-corrected chi connectivity index (χ2v) is 42.2. The van der Waals surface area contributed by atoms with Crippen molar-refractivity contribution in [3.8, 4) is 0 Å². The van der Waals surface area contributed by atoms with E-state index in [1.165, 1.54) is 49.6 Å². The van der Waals surface area contributed by atoms with E-state index in [4.69, 9.17) is 0 Å². The molecule has 0 aliphatic carbocycles. The average molecular weight is 1990 g/mol. The van der Waals surface area contributed by atoms with E-state index in [9.17, 15) is 4.79 Å². The third-order valence-electron chi connectivity index (χ3n) is 11.3. The van der Waals surface area contributed by atoms with Crippen LogP contribution in [-0.2, 0) is 0 Å². The zero-order chi connectivity index (χ0) is 106. The molecule has 0 aliphatic rings. The maximum atomic E-state index is 10.5. The highest BCUT2D eigenvalue weighted by molar-refractivity contribution is 7.17. The van der Waals surface area contributed by atoms with Gasteiger partial charge in [-0.05, 0) is 212 Å². The summed E-state index contributed by atoms with van der Waals surface area (Å²) in [5.74, 6) is 11.1. The number of pyridine rings is 3. The van der Waals surface area contributed by atoms with Crippen molar-refractivity contribution < 1.29 is 0 Å². The van der Waals surface area contributed by atoms with Gasteiger partial charge in [0.1, 0.15) is 5.82 Å². The first-order valence-corrected chi connectivity index (χ1v) is 52.6. The van der Waals surface area contributed by atoms with Crippen LogP contribution in [0.2, 0.25) is 0 Å². The Labute approximate surface area is 863 Å². The normalized spacial score (nSPS) is 9.38. The Balaban J connectivity index is -0.000000182. The monoisotopic (exact) mass is 1990 g/mol. The number of aromatic nitrogens is 19. The van der Waals surface area contributed by atoms with Crippen LogP contribution in [0.15, 0.2) is 283 Å². The molecule has 3 aromatic carbocycles. The van der Waals surface area contributed by atoms with Gasteiger partial charge >= 0.3 is 4.87 Å². The first-order chi connectivity index (χ1) is 64.5. The number of thiazole rings is 1. The minimum absolute atomic E-state index is 0. The summed E-state index contributed by atoms with van der Waals surface area (Å²) in [5.41, 5.74) is 2.98. The third-order valence-corrected chi connectivity index (χ3v) is 14.3. The lowest BCUT2D eigenvalue weighted by atomic mass is 10.0. The zero-order valence-corrected chi connectivity index (χ0v) is 96.9. The van der Waals surface area contributed by atoms with Crippen LogP contribution in [0.4, 0.5) is 0 Å². The summed E-state index contributed by atoms with van der Waals surface area (Å²) >= 11 is 7.29. The number of tetrazole rings is 1. The van der Waals surface area contributed by atoms with E-state index in [0.29, 0.717) is 35.9 Å². The molecule has 0 amide bonds. The maximum Gasteiger partial charge on any atom is 0.323 e. The minimum atomic E-state index is -0.0706. The lowest BCUT2D eigenvalue weighted by molar-refractivity contribution is 0.452. The highest BCUT2D eigenvalue weighted by Gasteiger charge is 2.09. The van der Waals surface area contributed by atoms with E-state index < -0.39 is 0 Å². The number of fused-ring (bicyclic) bond motifs is 2. The van der Waals surface area contributed by atoms with Crippen LogP contribution in [0.25, 0.3) is 20.9 Å². The van der Waals surface area contributed by atoms with Crippen LogP contribution in [0.1, 0.15) is 351 Å². The van der Waals surface area contributed by atoms with Crippen molar-refractivity contribution >= 4 is 78.1 Å². The van der Waals surface area contributed by atoms with E-state index >= 15 is 0 Å². The van der Waals surface area contributed by atoms with Crippen molar-refractivity contribution in [2.45, 2.75) is 334 Å². The predicted octanol–water partition coefficient (Wildman–Crippen LogP) is 35.9. The highest BCUT2D eigenvalue weighted by atomic mass is 32.1. The summed E-state index contributed by atoms with van der Waals surface area (Å²) in [6, 6.07) is 51.3. The van der Waals surface area contributed by atoms with Gasteiger partial charge in [-0.2, -0.15) is 29.3 Å². The Bertz CT molecular complexity index is 4060. The van der Waals surface area contributed by atoms with Crippen molar-refractivity contribution in [1.82, 2.24) is 93.0 Å². The zero-order valence-electron chi connectivity index (χ0n) is 92.8. The second kappa shape index (κ2) is 106. The molecule has 0 radical (unpaired) electrons. The Morgan fingerprint density at radius 1 is 0.312 bits per heavy atom. The van der Waals surface area contributed by atoms with E-state index in [1.807, 2.05) is 166 Å². The topological polar surface area (TPSA) is 241 Å². The summed E-state index contributed by atoms with van der Waals surface area (Å²) in [6.07, 6.45) is 27.9. The number of hydrogen-bond donors (Lipinski definition) is 1. The summed E-state index contributed by atoms with van der Waals surface area (Å²) in [7, 11) is 0. The van der Waals surface area contributed by atoms with Gasteiger partial charge < -0.3 is 0 Å². The number of benzene rings is 3. The van der Waals surface area contributed by atoms with Gasteiger partial charge in [0, 0.05) is 142 Å². The largest absolute Gasteiger partial charge is 0.323 e. The quantitative estimate of drug-likeness (QED) is 0.163. The van der Waals surface area contributed by atoms with Crippen LogP contribution >= 0.6 is 57.3 Å². The van der Waals surface area contributed by atoms with Crippen molar-refractivity contribution in [2.75, 3.05) is 0 Å². The number of nitrogens with zero attached hydrogens (tertiary/aromatic N) is 18. The molecular formula is C113H193N19OS5. The molecular weight excluding hydrogens is 1800 g/mol. The van der Waals surface area contributed by atoms with E-state index in [2.05, 4.69) is 394 Å². The second-order valence-electron chi connectivity index (χ2n) is 38.4. The summed E-state index contributed by atoms with van der Waals surface area (Å²) in [6.45, 7) is 89.8. The first-order valence-electron chi connectivity index (χ1n) is 48.4. The Morgan fingerprint density at radius 3 is 0.920 bits per heavy atom. The molecule has 0 saturated heterocycles. The van der Waals surface area contributed by atoms with Crippen LogP contribution in [0, 0.1) is 59.2 Å². The Hall–Kier alpha value is -9.92. The molecule has 0 unspecified atom stereocenters. The van der Waals surface area contributed by atoms with Gasteiger partial charge in [0.25, 0.3) is 0 Å². The molecule has 20 nitrogen and oxygen atoms in total.